The predicted octanol–water partition coefficient (Wildman–Crippen LogP) is 1.23. The van der Waals surface area contributed by atoms with Gasteiger partial charge in [-0.25, -0.2) is 13.4 Å². The van der Waals surface area contributed by atoms with Gasteiger partial charge in [0.25, 0.3) is 10.0 Å². The third-order valence-corrected chi connectivity index (χ3v) is 5.05. The molecule has 8 heteroatoms. The minimum atomic E-state index is -3.84. The molecule has 0 aliphatic heterocycles. The molecule has 1 rings (SSSR count). The Bertz CT molecular complexity index is 542. The minimum absolute atomic E-state index is 0.0236. The highest BCUT2D eigenvalue weighted by atomic mass is 32.2. The first-order valence-electron chi connectivity index (χ1n) is 5.21. The number of aromatic nitrogens is 1. The van der Waals surface area contributed by atoms with E-state index in [1.165, 1.54) is 6.20 Å². The quantitative estimate of drug-likeness (QED) is 0.870. The second kappa shape index (κ2) is 4.94. The lowest BCUT2D eigenvalue weighted by Crippen LogP contribution is -2.48. The van der Waals surface area contributed by atoms with Gasteiger partial charge in [-0.3, -0.25) is 4.79 Å². The monoisotopic (exact) mass is 292 g/mol. The van der Waals surface area contributed by atoms with Crippen LogP contribution in [0.5, 0.6) is 0 Å². The number of aliphatic carboxylic acids is 1. The lowest BCUT2D eigenvalue weighted by atomic mass is 9.88. The SMILES string of the molecule is Cc1ncc(S(=O)(=O)NC(C(=O)O)C(C)(C)C)s1. The van der Waals surface area contributed by atoms with Gasteiger partial charge in [-0.15, -0.1) is 11.3 Å². The molecule has 18 heavy (non-hydrogen) atoms. The minimum Gasteiger partial charge on any atom is -0.480 e. The third kappa shape index (κ3) is 3.50. The van der Waals surface area contributed by atoms with Crippen molar-refractivity contribution >= 4 is 27.3 Å². The number of hydrogen-bond donors (Lipinski definition) is 2. The molecule has 0 aliphatic rings. The number of rotatable bonds is 4. The van der Waals surface area contributed by atoms with Gasteiger partial charge in [0.15, 0.2) is 4.21 Å². The van der Waals surface area contributed by atoms with Crippen LogP contribution in [0.4, 0.5) is 0 Å². The van der Waals surface area contributed by atoms with E-state index in [0.717, 1.165) is 11.3 Å². The molecule has 0 spiro atoms. The number of carboxylic acids is 1. The molecule has 1 aromatic rings. The normalized spacial score (nSPS) is 14.4. The molecule has 1 atom stereocenters. The standard InChI is InChI=1S/C10H16N2O4S2/c1-6-11-5-7(17-6)18(15,16)12-8(9(13)14)10(2,3)4/h5,8,12H,1-4H3,(H,13,14). The maximum atomic E-state index is 12.0. The summed E-state index contributed by atoms with van der Waals surface area (Å²) in [6.07, 6.45) is 1.23. The Labute approximate surface area is 110 Å². The van der Waals surface area contributed by atoms with Gasteiger partial charge in [0.1, 0.15) is 6.04 Å². The van der Waals surface area contributed by atoms with Gasteiger partial charge >= 0.3 is 5.97 Å². The van der Waals surface area contributed by atoms with Crippen LogP contribution in [-0.4, -0.2) is 30.5 Å². The number of thiazole rings is 1. The van der Waals surface area contributed by atoms with E-state index in [0.29, 0.717) is 5.01 Å². The summed E-state index contributed by atoms with van der Waals surface area (Å²) in [5, 5.41) is 9.69. The predicted molar refractivity (Wildman–Crippen MR) is 68.1 cm³/mol. The Kier molecular flexibility index (Phi) is 4.14. The molecular weight excluding hydrogens is 276 g/mol. The highest BCUT2D eigenvalue weighted by Crippen LogP contribution is 2.23. The Morgan fingerprint density at radius 3 is 2.39 bits per heavy atom. The lowest BCUT2D eigenvalue weighted by molar-refractivity contribution is -0.141. The van der Waals surface area contributed by atoms with Crippen molar-refractivity contribution in [3.63, 3.8) is 0 Å². The molecule has 1 heterocycles. The number of carbonyl (C=O) groups is 1. The van der Waals surface area contributed by atoms with E-state index in [9.17, 15) is 13.2 Å². The van der Waals surface area contributed by atoms with Crippen molar-refractivity contribution in [1.82, 2.24) is 9.71 Å². The van der Waals surface area contributed by atoms with Crippen molar-refractivity contribution in [2.75, 3.05) is 0 Å². The third-order valence-electron chi connectivity index (χ3n) is 2.25. The van der Waals surface area contributed by atoms with Crippen LogP contribution in [0, 0.1) is 12.3 Å². The average Bonchev–Trinajstić information content (AvgIpc) is 2.60. The molecule has 0 bridgehead atoms. The summed E-state index contributed by atoms with van der Waals surface area (Å²) < 4.78 is 26.2. The fourth-order valence-corrected chi connectivity index (χ4v) is 3.80. The number of aryl methyl sites for hydroxylation is 1. The van der Waals surface area contributed by atoms with Crippen LogP contribution in [0.15, 0.2) is 10.4 Å². The highest BCUT2D eigenvalue weighted by molar-refractivity contribution is 7.91. The van der Waals surface area contributed by atoms with Crippen LogP contribution >= 0.6 is 11.3 Å². The van der Waals surface area contributed by atoms with Gasteiger partial charge in [-0.05, 0) is 12.3 Å². The molecule has 1 aromatic heterocycles. The Morgan fingerprint density at radius 2 is 2.06 bits per heavy atom. The number of nitrogens with one attached hydrogen (secondary N) is 1. The Morgan fingerprint density at radius 1 is 1.50 bits per heavy atom. The maximum absolute atomic E-state index is 12.0. The molecular formula is C10H16N2O4S2. The molecule has 0 fully saturated rings. The van der Waals surface area contributed by atoms with Gasteiger partial charge in [0, 0.05) is 0 Å². The first-order valence-corrected chi connectivity index (χ1v) is 7.51. The van der Waals surface area contributed by atoms with Crippen LogP contribution in [0.3, 0.4) is 0 Å². The van der Waals surface area contributed by atoms with E-state index in [2.05, 4.69) is 9.71 Å². The molecule has 0 aromatic carbocycles. The maximum Gasteiger partial charge on any atom is 0.322 e. The number of carboxylic acid groups (broad SMARTS) is 1. The Hall–Kier alpha value is -0.990. The molecule has 0 saturated carbocycles. The largest absolute Gasteiger partial charge is 0.480 e. The van der Waals surface area contributed by atoms with Crippen LogP contribution < -0.4 is 4.72 Å². The van der Waals surface area contributed by atoms with Crippen molar-refractivity contribution in [3.05, 3.63) is 11.2 Å². The van der Waals surface area contributed by atoms with Gasteiger partial charge in [0.2, 0.25) is 0 Å². The zero-order valence-corrected chi connectivity index (χ0v) is 12.2. The second-order valence-electron chi connectivity index (χ2n) is 4.96. The van der Waals surface area contributed by atoms with Crippen molar-refractivity contribution in [3.8, 4) is 0 Å². The van der Waals surface area contributed by atoms with Gasteiger partial charge in [-0.1, -0.05) is 20.8 Å². The summed E-state index contributed by atoms with van der Waals surface area (Å²) in [4.78, 5) is 15.0. The summed E-state index contributed by atoms with van der Waals surface area (Å²) in [6.45, 7) is 6.66. The Balaban J connectivity index is 3.05. The molecule has 102 valence electrons. The molecule has 2 N–H and O–H groups in total. The average molecular weight is 292 g/mol. The van der Waals surface area contributed by atoms with E-state index in [1.807, 2.05) is 0 Å². The van der Waals surface area contributed by atoms with Crippen molar-refractivity contribution in [1.29, 1.82) is 0 Å². The molecule has 0 radical (unpaired) electrons. The smallest absolute Gasteiger partial charge is 0.322 e. The summed E-state index contributed by atoms with van der Waals surface area (Å²) in [6, 6.07) is -1.19. The van der Waals surface area contributed by atoms with E-state index in [4.69, 9.17) is 5.11 Å². The highest BCUT2D eigenvalue weighted by Gasteiger charge is 2.35. The van der Waals surface area contributed by atoms with Crippen molar-refractivity contribution in [2.45, 2.75) is 37.9 Å². The zero-order valence-electron chi connectivity index (χ0n) is 10.6. The number of sulfonamides is 1. The molecule has 1 unspecified atom stereocenters. The summed E-state index contributed by atoms with van der Waals surface area (Å²) in [5.74, 6) is -1.20. The van der Waals surface area contributed by atoms with E-state index in [-0.39, 0.29) is 4.21 Å². The first-order chi connectivity index (χ1) is 8.04. The lowest BCUT2D eigenvalue weighted by Gasteiger charge is -2.27. The van der Waals surface area contributed by atoms with Gasteiger partial charge < -0.3 is 5.11 Å². The van der Waals surface area contributed by atoms with E-state index in [1.54, 1.807) is 27.7 Å². The molecule has 0 aliphatic carbocycles. The zero-order chi connectivity index (χ0) is 14.1. The van der Waals surface area contributed by atoms with E-state index >= 15 is 0 Å². The summed E-state index contributed by atoms with van der Waals surface area (Å²) in [7, 11) is -3.84. The second-order valence-corrected chi connectivity index (χ2v) is 8.13. The van der Waals surface area contributed by atoms with Crippen molar-refractivity contribution in [2.24, 2.45) is 5.41 Å². The van der Waals surface area contributed by atoms with Crippen LogP contribution in [-0.2, 0) is 14.8 Å². The molecule has 0 saturated heterocycles. The van der Waals surface area contributed by atoms with E-state index < -0.39 is 27.4 Å². The van der Waals surface area contributed by atoms with Gasteiger partial charge in [-0.2, -0.15) is 4.72 Å². The fourth-order valence-electron chi connectivity index (χ4n) is 1.28. The summed E-state index contributed by atoms with van der Waals surface area (Å²) in [5.41, 5.74) is -0.724. The van der Waals surface area contributed by atoms with Crippen molar-refractivity contribution < 1.29 is 18.3 Å². The topological polar surface area (TPSA) is 96.4 Å². The van der Waals surface area contributed by atoms with Crippen LogP contribution in [0.25, 0.3) is 0 Å². The van der Waals surface area contributed by atoms with Crippen LogP contribution in [0.2, 0.25) is 0 Å². The first kappa shape index (κ1) is 15.1. The fraction of sp³-hybridized carbons (Fsp3) is 0.600. The van der Waals surface area contributed by atoms with Gasteiger partial charge in [0.05, 0.1) is 11.2 Å². The molecule has 6 nitrogen and oxygen atoms in total. The van der Waals surface area contributed by atoms with Crippen LogP contribution in [0.1, 0.15) is 25.8 Å². The number of nitrogens with zero attached hydrogens (tertiary/aromatic N) is 1. The summed E-state index contributed by atoms with van der Waals surface area (Å²) >= 11 is 1.00. The number of hydrogen-bond acceptors (Lipinski definition) is 5. The molecule has 0 amide bonds.